The van der Waals surface area contributed by atoms with Crippen LogP contribution in [0, 0.1) is 0 Å². The SMILES string of the molecule is CC(C)NS(=O)(=O)c1ccc2c(c1)C(C)(C)CC(c1cccc(Br)c1)N2. The minimum Gasteiger partial charge on any atom is -0.378 e. The fourth-order valence-electron chi connectivity index (χ4n) is 3.54. The summed E-state index contributed by atoms with van der Waals surface area (Å²) in [5.74, 6) is 0. The molecular formula is C20H25BrN2O2S. The lowest BCUT2D eigenvalue weighted by Gasteiger charge is -2.39. The number of hydrogen-bond donors (Lipinski definition) is 2. The zero-order chi connectivity index (χ0) is 19.1. The third-order valence-corrected chi connectivity index (χ3v) is 6.87. The van der Waals surface area contributed by atoms with Crippen molar-refractivity contribution in [3.8, 4) is 0 Å². The van der Waals surface area contributed by atoms with Gasteiger partial charge in [0.25, 0.3) is 0 Å². The van der Waals surface area contributed by atoms with Crippen molar-refractivity contribution in [2.75, 3.05) is 5.32 Å². The van der Waals surface area contributed by atoms with Crippen molar-refractivity contribution >= 4 is 31.6 Å². The first kappa shape index (κ1) is 19.4. The van der Waals surface area contributed by atoms with E-state index in [0.29, 0.717) is 4.90 Å². The van der Waals surface area contributed by atoms with Crippen molar-refractivity contribution in [1.29, 1.82) is 0 Å². The summed E-state index contributed by atoms with van der Waals surface area (Å²) in [6.07, 6.45) is 0.886. The van der Waals surface area contributed by atoms with Gasteiger partial charge in [-0.2, -0.15) is 0 Å². The number of fused-ring (bicyclic) bond motifs is 1. The summed E-state index contributed by atoms with van der Waals surface area (Å²) in [4.78, 5) is 0.320. The quantitative estimate of drug-likeness (QED) is 0.710. The van der Waals surface area contributed by atoms with Crippen LogP contribution in [0.3, 0.4) is 0 Å². The molecule has 0 radical (unpaired) electrons. The molecule has 0 aromatic heterocycles. The van der Waals surface area contributed by atoms with Crippen LogP contribution in [-0.4, -0.2) is 14.5 Å². The number of benzene rings is 2. The van der Waals surface area contributed by atoms with E-state index in [9.17, 15) is 8.42 Å². The van der Waals surface area contributed by atoms with Gasteiger partial charge in [0.15, 0.2) is 0 Å². The van der Waals surface area contributed by atoms with Gasteiger partial charge in [0, 0.05) is 16.2 Å². The van der Waals surface area contributed by atoms with Crippen LogP contribution in [-0.2, 0) is 15.4 Å². The third kappa shape index (κ3) is 3.97. The molecule has 0 fully saturated rings. The van der Waals surface area contributed by atoms with Crippen LogP contribution < -0.4 is 10.0 Å². The average molecular weight is 437 g/mol. The molecule has 0 amide bonds. The highest BCUT2D eigenvalue weighted by Gasteiger charge is 2.34. The number of anilines is 1. The van der Waals surface area contributed by atoms with E-state index in [1.807, 2.05) is 38.1 Å². The molecule has 0 saturated heterocycles. The summed E-state index contributed by atoms with van der Waals surface area (Å²) in [5.41, 5.74) is 3.11. The lowest BCUT2D eigenvalue weighted by atomic mass is 9.74. The highest BCUT2D eigenvalue weighted by Crippen LogP contribution is 2.44. The normalized spacial score (nSPS) is 19.1. The number of halogens is 1. The molecule has 6 heteroatoms. The van der Waals surface area contributed by atoms with Crippen LogP contribution in [0.2, 0.25) is 0 Å². The summed E-state index contributed by atoms with van der Waals surface area (Å²) in [7, 11) is -3.50. The second kappa shape index (κ2) is 6.98. The molecule has 26 heavy (non-hydrogen) atoms. The highest BCUT2D eigenvalue weighted by atomic mass is 79.9. The molecule has 1 aliphatic heterocycles. The Hall–Kier alpha value is -1.37. The van der Waals surface area contributed by atoms with Crippen LogP contribution in [0.4, 0.5) is 5.69 Å². The Kier molecular flexibility index (Phi) is 5.21. The van der Waals surface area contributed by atoms with Gasteiger partial charge in [-0.25, -0.2) is 13.1 Å². The highest BCUT2D eigenvalue weighted by molar-refractivity contribution is 9.10. The molecule has 1 heterocycles. The number of rotatable bonds is 4. The maximum absolute atomic E-state index is 12.5. The van der Waals surface area contributed by atoms with E-state index in [-0.39, 0.29) is 17.5 Å². The Balaban J connectivity index is 1.99. The first-order valence-electron chi connectivity index (χ1n) is 8.77. The van der Waals surface area contributed by atoms with Gasteiger partial charge in [0.05, 0.1) is 10.9 Å². The van der Waals surface area contributed by atoms with Crippen molar-refractivity contribution in [2.24, 2.45) is 0 Å². The molecule has 140 valence electrons. The van der Waals surface area contributed by atoms with Crippen molar-refractivity contribution < 1.29 is 8.42 Å². The van der Waals surface area contributed by atoms with Gasteiger partial charge in [0.2, 0.25) is 10.0 Å². The zero-order valence-electron chi connectivity index (χ0n) is 15.5. The topological polar surface area (TPSA) is 58.2 Å². The molecule has 3 rings (SSSR count). The van der Waals surface area contributed by atoms with Gasteiger partial charge in [-0.3, -0.25) is 0 Å². The molecule has 2 aromatic carbocycles. The fourth-order valence-corrected chi connectivity index (χ4v) is 5.23. The molecule has 0 aliphatic carbocycles. The molecule has 0 bridgehead atoms. The van der Waals surface area contributed by atoms with Gasteiger partial charge in [-0.05, 0) is 67.1 Å². The van der Waals surface area contributed by atoms with E-state index in [1.54, 1.807) is 6.07 Å². The summed E-state index contributed by atoms with van der Waals surface area (Å²) in [6, 6.07) is 13.7. The van der Waals surface area contributed by atoms with Crippen LogP contribution in [0.25, 0.3) is 0 Å². The summed E-state index contributed by atoms with van der Waals surface area (Å²) in [6.45, 7) is 7.99. The Morgan fingerprint density at radius 1 is 1.19 bits per heavy atom. The van der Waals surface area contributed by atoms with Crippen LogP contribution in [0.5, 0.6) is 0 Å². The maximum atomic E-state index is 12.5. The van der Waals surface area contributed by atoms with E-state index in [0.717, 1.165) is 22.1 Å². The monoisotopic (exact) mass is 436 g/mol. The first-order valence-corrected chi connectivity index (χ1v) is 11.0. The van der Waals surface area contributed by atoms with Gasteiger partial charge < -0.3 is 5.32 Å². The summed E-state index contributed by atoms with van der Waals surface area (Å²) in [5, 5.41) is 3.58. The number of nitrogens with one attached hydrogen (secondary N) is 2. The minimum atomic E-state index is -3.50. The van der Waals surface area contributed by atoms with Gasteiger partial charge >= 0.3 is 0 Å². The van der Waals surface area contributed by atoms with Crippen LogP contribution in [0.1, 0.15) is 51.3 Å². The first-order chi connectivity index (χ1) is 12.1. The van der Waals surface area contributed by atoms with Crippen molar-refractivity contribution in [3.05, 3.63) is 58.1 Å². The predicted octanol–water partition coefficient (Wildman–Crippen LogP) is 4.97. The van der Waals surface area contributed by atoms with E-state index in [4.69, 9.17) is 0 Å². The molecule has 1 atom stereocenters. The third-order valence-electron chi connectivity index (χ3n) is 4.72. The fraction of sp³-hybridized carbons (Fsp3) is 0.400. The second-order valence-electron chi connectivity index (χ2n) is 7.82. The molecule has 4 nitrogen and oxygen atoms in total. The molecule has 1 aliphatic rings. The molecule has 2 N–H and O–H groups in total. The summed E-state index contributed by atoms with van der Waals surface area (Å²) >= 11 is 3.54. The summed E-state index contributed by atoms with van der Waals surface area (Å²) < 4.78 is 28.8. The second-order valence-corrected chi connectivity index (χ2v) is 10.5. The van der Waals surface area contributed by atoms with Gasteiger partial charge in [-0.1, -0.05) is 41.9 Å². The van der Waals surface area contributed by atoms with E-state index in [2.05, 4.69) is 51.9 Å². The maximum Gasteiger partial charge on any atom is 0.240 e. The minimum absolute atomic E-state index is 0.136. The Bertz CT molecular complexity index is 923. The van der Waals surface area contributed by atoms with Gasteiger partial charge in [0.1, 0.15) is 0 Å². The molecule has 1 unspecified atom stereocenters. The molecule has 0 spiro atoms. The molecule has 2 aromatic rings. The molecule has 0 saturated carbocycles. The number of hydrogen-bond acceptors (Lipinski definition) is 3. The number of sulfonamides is 1. The van der Waals surface area contributed by atoms with Crippen molar-refractivity contribution in [2.45, 2.75) is 56.5 Å². The van der Waals surface area contributed by atoms with Crippen LogP contribution in [0.15, 0.2) is 51.8 Å². The van der Waals surface area contributed by atoms with Gasteiger partial charge in [-0.15, -0.1) is 0 Å². The smallest absolute Gasteiger partial charge is 0.240 e. The van der Waals surface area contributed by atoms with E-state index >= 15 is 0 Å². The lowest BCUT2D eigenvalue weighted by Crippen LogP contribution is -2.33. The largest absolute Gasteiger partial charge is 0.378 e. The van der Waals surface area contributed by atoms with Crippen molar-refractivity contribution in [3.63, 3.8) is 0 Å². The molecular weight excluding hydrogens is 412 g/mol. The standard InChI is InChI=1S/C20H25BrN2O2S/c1-13(2)23-26(24,25)16-8-9-18-17(11-16)20(3,4)12-19(22-18)14-6-5-7-15(21)10-14/h5-11,13,19,22-23H,12H2,1-4H3. The van der Waals surface area contributed by atoms with Crippen LogP contribution >= 0.6 is 15.9 Å². The van der Waals surface area contributed by atoms with E-state index in [1.165, 1.54) is 5.56 Å². The predicted molar refractivity (Wildman–Crippen MR) is 110 cm³/mol. The Morgan fingerprint density at radius 3 is 2.58 bits per heavy atom. The van der Waals surface area contributed by atoms with E-state index < -0.39 is 10.0 Å². The Labute approximate surface area is 164 Å². The Morgan fingerprint density at radius 2 is 1.92 bits per heavy atom. The lowest BCUT2D eigenvalue weighted by molar-refractivity contribution is 0.426. The zero-order valence-corrected chi connectivity index (χ0v) is 17.9. The average Bonchev–Trinajstić information content (AvgIpc) is 2.52. The van der Waals surface area contributed by atoms with Crippen molar-refractivity contribution in [1.82, 2.24) is 4.72 Å².